The van der Waals surface area contributed by atoms with Crippen LogP contribution in [0.15, 0.2) is 65.5 Å². The number of nitrogens with zero attached hydrogens (tertiary/aromatic N) is 4. The van der Waals surface area contributed by atoms with Crippen molar-refractivity contribution in [3.8, 4) is 5.69 Å². The third-order valence-corrected chi connectivity index (χ3v) is 6.36. The van der Waals surface area contributed by atoms with Crippen LogP contribution in [0.25, 0.3) is 5.69 Å². The predicted molar refractivity (Wildman–Crippen MR) is 132 cm³/mol. The van der Waals surface area contributed by atoms with Gasteiger partial charge in [-0.3, -0.25) is 14.5 Å². The number of anilines is 1. The molecule has 0 aliphatic carbocycles. The van der Waals surface area contributed by atoms with Crippen molar-refractivity contribution in [2.45, 2.75) is 26.1 Å². The van der Waals surface area contributed by atoms with Gasteiger partial charge in [0.2, 0.25) is 5.43 Å². The van der Waals surface area contributed by atoms with Gasteiger partial charge in [-0.1, -0.05) is 24.3 Å². The number of halogens is 3. The highest BCUT2D eigenvalue weighted by atomic mass is 19.4. The van der Waals surface area contributed by atoms with Crippen LogP contribution in [0.5, 0.6) is 0 Å². The third kappa shape index (κ3) is 5.76. The van der Waals surface area contributed by atoms with Gasteiger partial charge in [0.25, 0.3) is 5.91 Å². The molecular formula is C26H28F3N5O2. The molecule has 1 aliphatic rings. The van der Waals surface area contributed by atoms with Gasteiger partial charge in [0.15, 0.2) is 5.69 Å². The number of carbonyl (C=O) groups is 1. The number of piperazine rings is 1. The van der Waals surface area contributed by atoms with Gasteiger partial charge in [0.05, 0.1) is 11.3 Å². The fourth-order valence-corrected chi connectivity index (χ4v) is 4.29. The summed E-state index contributed by atoms with van der Waals surface area (Å²) in [4.78, 5) is 29.9. The topological polar surface area (TPSA) is 70.5 Å². The van der Waals surface area contributed by atoms with Gasteiger partial charge in [-0.25, -0.2) is 4.68 Å². The minimum Gasteiger partial charge on any atom is -0.369 e. The summed E-state index contributed by atoms with van der Waals surface area (Å²) in [5, 5.41) is 6.87. The van der Waals surface area contributed by atoms with Crippen LogP contribution in [0, 0.1) is 6.92 Å². The van der Waals surface area contributed by atoms with Gasteiger partial charge >= 0.3 is 6.18 Å². The minimum absolute atomic E-state index is 0.0306. The molecule has 0 bridgehead atoms. The molecule has 4 rings (SSSR count). The van der Waals surface area contributed by atoms with Crippen LogP contribution in [0.2, 0.25) is 0 Å². The van der Waals surface area contributed by atoms with E-state index in [1.54, 1.807) is 6.92 Å². The summed E-state index contributed by atoms with van der Waals surface area (Å²) in [7, 11) is 0. The fraction of sp³-hybridized carbons (Fsp3) is 0.346. The first-order chi connectivity index (χ1) is 17.1. The number of hydrogen-bond donors (Lipinski definition) is 1. The maximum absolute atomic E-state index is 13.1. The van der Waals surface area contributed by atoms with E-state index in [1.807, 2.05) is 25.1 Å². The fourth-order valence-electron chi connectivity index (χ4n) is 4.29. The molecule has 2 aromatic carbocycles. The van der Waals surface area contributed by atoms with Crippen LogP contribution < -0.4 is 15.6 Å². The highest BCUT2D eigenvalue weighted by molar-refractivity contribution is 5.92. The second kappa shape index (κ2) is 10.5. The number of carbonyl (C=O) groups excluding carboxylic acids is 1. The van der Waals surface area contributed by atoms with Crippen molar-refractivity contribution in [2.24, 2.45) is 0 Å². The van der Waals surface area contributed by atoms with E-state index in [1.165, 1.54) is 28.6 Å². The van der Waals surface area contributed by atoms with Crippen molar-refractivity contribution in [2.75, 3.05) is 37.6 Å². The average molecular weight is 500 g/mol. The molecule has 1 aromatic heterocycles. The molecule has 1 N–H and O–H groups in total. The lowest BCUT2D eigenvalue weighted by Gasteiger charge is -2.39. The van der Waals surface area contributed by atoms with Crippen molar-refractivity contribution < 1.29 is 18.0 Å². The molecule has 190 valence electrons. The maximum atomic E-state index is 13.1. The number of rotatable bonds is 6. The number of benzene rings is 2. The van der Waals surface area contributed by atoms with E-state index in [9.17, 15) is 22.8 Å². The van der Waals surface area contributed by atoms with E-state index >= 15 is 0 Å². The lowest BCUT2D eigenvalue weighted by molar-refractivity contribution is -0.137. The van der Waals surface area contributed by atoms with Gasteiger partial charge in [-0.05, 0) is 44.2 Å². The van der Waals surface area contributed by atoms with E-state index < -0.39 is 23.1 Å². The molecule has 3 aromatic rings. The number of aromatic nitrogens is 2. The third-order valence-electron chi connectivity index (χ3n) is 6.36. The largest absolute Gasteiger partial charge is 0.416 e. The Bertz CT molecular complexity index is 1270. The average Bonchev–Trinajstić information content (AvgIpc) is 2.87. The minimum atomic E-state index is -4.52. The normalized spacial score (nSPS) is 15.5. The smallest absolute Gasteiger partial charge is 0.369 e. The second-order valence-corrected chi connectivity index (χ2v) is 8.88. The summed E-state index contributed by atoms with van der Waals surface area (Å²) in [6, 6.07) is 16.0. The molecule has 1 aliphatic heterocycles. The monoisotopic (exact) mass is 499 g/mol. The van der Waals surface area contributed by atoms with Crippen molar-refractivity contribution >= 4 is 11.6 Å². The Balaban J connectivity index is 1.41. The first kappa shape index (κ1) is 25.4. The summed E-state index contributed by atoms with van der Waals surface area (Å²) >= 11 is 0. The van der Waals surface area contributed by atoms with Crippen LogP contribution in [0.3, 0.4) is 0 Å². The molecule has 1 saturated heterocycles. The zero-order valence-corrected chi connectivity index (χ0v) is 20.1. The molecule has 7 nitrogen and oxygen atoms in total. The number of para-hydroxylation sites is 1. The Morgan fingerprint density at radius 1 is 1.00 bits per heavy atom. The highest BCUT2D eigenvalue weighted by Crippen LogP contribution is 2.30. The number of nitrogens with one attached hydrogen (secondary N) is 1. The number of hydrogen-bond acceptors (Lipinski definition) is 5. The zero-order chi connectivity index (χ0) is 25.9. The van der Waals surface area contributed by atoms with Crippen LogP contribution in [-0.4, -0.2) is 59.4 Å². The quantitative estimate of drug-likeness (QED) is 0.562. The van der Waals surface area contributed by atoms with E-state index in [0.717, 1.165) is 38.3 Å². The Morgan fingerprint density at radius 2 is 1.67 bits per heavy atom. The summed E-state index contributed by atoms with van der Waals surface area (Å²) < 4.78 is 40.6. The van der Waals surface area contributed by atoms with E-state index in [4.69, 9.17) is 0 Å². The van der Waals surface area contributed by atoms with Crippen molar-refractivity contribution in [3.63, 3.8) is 0 Å². The highest BCUT2D eigenvalue weighted by Gasteiger charge is 2.31. The van der Waals surface area contributed by atoms with Crippen LogP contribution in [0.1, 0.15) is 28.7 Å². The predicted octanol–water partition coefficient (Wildman–Crippen LogP) is 3.50. The Labute approximate surface area is 207 Å². The lowest BCUT2D eigenvalue weighted by Crippen LogP contribution is -2.52. The van der Waals surface area contributed by atoms with Crippen molar-refractivity contribution in [1.82, 2.24) is 20.0 Å². The van der Waals surface area contributed by atoms with E-state index in [-0.39, 0.29) is 17.4 Å². The van der Waals surface area contributed by atoms with Crippen LogP contribution in [-0.2, 0) is 6.18 Å². The van der Waals surface area contributed by atoms with Crippen molar-refractivity contribution in [1.29, 1.82) is 0 Å². The Morgan fingerprint density at radius 3 is 2.33 bits per heavy atom. The van der Waals surface area contributed by atoms with Gasteiger partial charge in [0.1, 0.15) is 0 Å². The first-order valence-electron chi connectivity index (χ1n) is 11.7. The lowest BCUT2D eigenvalue weighted by atomic mass is 10.2. The number of amides is 1. The Kier molecular flexibility index (Phi) is 7.44. The van der Waals surface area contributed by atoms with Gasteiger partial charge in [0, 0.05) is 56.2 Å². The molecule has 0 unspecified atom stereocenters. The molecular weight excluding hydrogens is 471 g/mol. The molecule has 36 heavy (non-hydrogen) atoms. The van der Waals surface area contributed by atoms with E-state index in [0.29, 0.717) is 12.2 Å². The summed E-state index contributed by atoms with van der Waals surface area (Å²) in [6.07, 6.45) is -4.52. The zero-order valence-electron chi connectivity index (χ0n) is 20.1. The molecule has 0 spiro atoms. The Hall–Kier alpha value is -3.66. The van der Waals surface area contributed by atoms with Crippen LogP contribution in [0.4, 0.5) is 18.9 Å². The molecule has 10 heteroatoms. The molecule has 2 heterocycles. The molecule has 0 saturated carbocycles. The molecule has 1 atom stereocenters. The first-order valence-corrected chi connectivity index (χ1v) is 11.7. The molecule has 1 amide bonds. The summed E-state index contributed by atoms with van der Waals surface area (Å²) in [5.41, 5.74) is -0.175. The standard InChI is InChI=1S/C26H28F3N5O2/c1-18-15-23(35)24(31-34(18)22-10-6-7-20(16-22)26(27,28)29)25(36)30-17-19(2)32-11-13-33(14-12-32)21-8-4-3-5-9-21/h3-10,15-16,19H,11-14,17H2,1-2H3,(H,30,36)/t19-/m0/s1. The van der Waals surface area contributed by atoms with Gasteiger partial charge < -0.3 is 10.2 Å². The van der Waals surface area contributed by atoms with E-state index in [2.05, 4.69) is 32.3 Å². The molecule has 0 radical (unpaired) electrons. The maximum Gasteiger partial charge on any atom is 0.416 e. The van der Waals surface area contributed by atoms with Gasteiger partial charge in [-0.15, -0.1) is 0 Å². The number of aryl methyl sites for hydroxylation is 1. The van der Waals surface area contributed by atoms with Gasteiger partial charge in [-0.2, -0.15) is 18.3 Å². The summed E-state index contributed by atoms with van der Waals surface area (Å²) in [5.74, 6) is -0.657. The molecule has 1 fully saturated rings. The number of alkyl halides is 3. The summed E-state index contributed by atoms with van der Waals surface area (Å²) in [6.45, 7) is 7.25. The van der Waals surface area contributed by atoms with Crippen LogP contribution >= 0.6 is 0 Å². The second-order valence-electron chi connectivity index (χ2n) is 8.88. The van der Waals surface area contributed by atoms with Crippen molar-refractivity contribution in [3.05, 3.63) is 87.8 Å². The SMILES string of the molecule is Cc1cc(=O)c(C(=O)NC[C@H](C)N2CCN(c3ccccc3)CC2)nn1-c1cccc(C(F)(F)F)c1.